The molecule has 2 N–H and O–H groups in total. The highest BCUT2D eigenvalue weighted by molar-refractivity contribution is 5.32. The molecule has 0 aliphatic rings. The number of alkyl halides is 3. The lowest BCUT2D eigenvalue weighted by Crippen LogP contribution is -2.30. The van der Waals surface area contributed by atoms with E-state index in [4.69, 9.17) is 10.5 Å². The van der Waals surface area contributed by atoms with E-state index in [2.05, 4.69) is 0 Å². The number of halogens is 3. The van der Waals surface area contributed by atoms with Crippen molar-refractivity contribution in [3.8, 4) is 0 Å². The minimum Gasteiger partial charge on any atom is -0.377 e. The van der Waals surface area contributed by atoms with Crippen molar-refractivity contribution in [3.05, 3.63) is 35.4 Å². The number of hydrogen-bond acceptors (Lipinski definition) is 2. The van der Waals surface area contributed by atoms with Gasteiger partial charge in [-0.15, -0.1) is 0 Å². The monoisotopic (exact) mass is 261 g/mol. The molecule has 2 atom stereocenters. The minimum atomic E-state index is -4.39. The molecule has 1 aromatic carbocycles. The van der Waals surface area contributed by atoms with Crippen LogP contribution >= 0.6 is 0 Å². The molecule has 0 fully saturated rings. The highest BCUT2D eigenvalue weighted by Gasteiger charge is 2.35. The van der Waals surface area contributed by atoms with Gasteiger partial charge in [-0.05, 0) is 25.0 Å². The topological polar surface area (TPSA) is 35.2 Å². The Morgan fingerprint density at radius 3 is 2.33 bits per heavy atom. The first-order valence-electron chi connectivity index (χ1n) is 5.95. The fourth-order valence-electron chi connectivity index (χ4n) is 1.94. The quantitative estimate of drug-likeness (QED) is 0.880. The summed E-state index contributed by atoms with van der Waals surface area (Å²) in [6, 6.07) is 4.61. The van der Waals surface area contributed by atoms with Gasteiger partial charge in [0, 0.05) is 6.61 Å². The number of ether oxygens (including phenoxy) is 1. The maximum absolute atomic E-state index is 12.9. The van der Waals surface area contributed by atoms with Crippen LogP contribution in [0, 0.1) is 0 Å². The molecule has 0 saturated heterocycles. The van der Waals surface area contributed by atoms with Gasteiger partial charge in [0.05, 0.1) is 17.7 Å². The normalized spacial score (nSPS) is 15.4. The van der Waals surface area contributed by atoms with Crippen molar-refractivity contribution in [1.29, 1.82) is 0 Å². The molecule has 0 saturated carbocycles. The molecule has 0 radical (unpaired) electrons. The molecule has 0 spiro atoms. The standard InChI is InChI=1S/C13H18F3NO/c1-3-11(18-4-2)12(17)9-7-5-6-8-10(9)13(14,15)16/h5-8,11-12H,3-4,17H2,1-2H3. The third-order valence-corrected chi connectivity index (χ3v) is 2.81. The average Bonchev–Trinajstić information content (AvgIpc) is 2.34. The van der Waals surface area contributed by atoms with E-state index < -0.39 is 23.9 Å². The first kappa shape index (κ1) is 15.0. The molecule has 102 valence electrons. The Labute approximate surface area is 105 Å². The predicted molar refractivity (Wildman–Crippen MR) is 64.1 cm³/mol. The van der Waals surface area contributed by atoms with Crippen molar-refractivity contribution < 1.29 is 17.9 Å². The summed E-state index contributed by atoms with van der Waals surface area (Å²) in [5.74, 6) is 0. The molecule has 0 heterocycles. The van der Waals surface area contributed by atoms with E-state index in [9.17, 15) is 13.2 Å². The van der Waals surface area contributed by atoms with Crippen molar-refractivity contribution in [2.24, 2.45) is 5.73 Å². The SMILES string of the molecule is CCOC(CC)C(N)c1ccccc1C(F)(F)F. The fraction of sp³-hybridized carbons (Fsp3) is 0.538. The average molecular weight is 261 g/mol. The Kier molecular flexibility index (Phi) is 5.16. The summed E-state index contributed by atoms with van der Waals surface area (Å²) in [5.41, 5.74) is 5.31. The first-order chi connectivity index (χ1) is 8.41. The number of rotatable bonds is 5. The van der Waals surface area contributed by atoms with Gasteiger partial charge in [-0.25, -0.2) is 0 Å². The molecule has 1 rings (SSSR count). The molecular weight excluding hydrogens is 243 g/mol. The van der Waals surface area contributed by atoms with Crippen LogP contribution in [-0.2, 0) is 10.9 Å². The fourth-order valence-corrected chi connectivity index (χ4v) is 1.94. The third-order valence-electron chi connectivity index (χ3n) is 2.81. The Morgan fingerprint density at radius 2 is 1.83 bits per heavy atom. The molecule has 5 heteroatoms. The van der Waals surface area contributed by atoms with Crippen LogP contribution in [0.4, 0.5) is 13.2 Å². The van der Waals surface area contributed by atoms with Crippen LogP contribution in [0.25, 0.3) is 0 Å². The maximum atomic E-state index is 12.9. The van der Waals surface area contributed by atoms with Gasteiger partial charge < -0.3 is 10.5 Å². The summed E-state index contributed by atoms with van der Waals surface area (Å²) in [5, 5.41) is 0. The second-order valence-electron chi connectivity index (χ2n) is 4.01. The predicted octanol–water partition coefficient (Wildman–Crippen LogP) is 3.52. The Hall–Kier alpha value is -1.07. The van der Waals surface area contributed by atoms with Gasteiger partial charge in [0.15, 0.2) is 0 Å². The zero-order valence-electron chi connectivity index (χ0n) is 10.5. The summed E-state index contributed by atoms with van der Waals surface area (Å²) in [4.78, 5) is 0. The summed E-state index contributed by atoms with van der Waals surface area (Å²) in [6.07, 6.45) is -4.22. The molecule has 18 heavy (non-hydrogen) atoms. The highest BCUT2D eigenvalue weighted by atomic mass is 19.4. The van der Waals surface area contributed by atoms with E-state index >= 15 is 0 Å². The van der Waals surface area contributed by atoms with Crippen LogP contribution in [0.2, 0.25) is 0 Å². The van der Waals surface area contributed by atoms with Gasteiger partial charge >= 0.3 is 6.18 Å². The molecule has 1 aromatic rings. The molecule has 0 bridgehead atoms. The number of benzene rings is 1. The van der Waals surface area contributed by atoms with Crippen molar-refractivity contribution in [2.75, 3.05) is 6.61 Å². The van der Waals surface area contributed by atoms with E-state index in [0.717, 1.165) is 6.07 Å². The second-order valence-corrected chi connectivity index (χ2v) is 4.01. The van der Waals surface area contributed by atoms with Crippen molar-refractivity contribution >= 4 is 0 Å². The molecule has 2 unspecified atom stereocenters. The summed E-state index contributed by atoms with van der Waals surface area (Å²) >= 11 is 0. The smallest absolute Gasteiger partial charge is 0.377 e. The summed E-state index contributed by atoms with van der Waals surface area (Å²) in [7, 11) is 0. The van der Waals surface area contributed by atoms with Gasteiger partial charge in [0.1, 0.15) is 0 Å². The molecular formula is C13H18F3NO. The largest absolute Gasteiger partial charge is 0.416 e. The number of hydrogen-bond donors (Lipinski definition) is 1. The molecule has 0 amide bonds. The maximum Gasteiger partial charge on any atom is 0.416 e. The van der Waals surface area contributed by atoms with Crippen LogP contribution in [0.15, 0.2) is 24.3 Å². The molecule has 0 aromatic heterocycles. The Bertz CT molecular complexity index is 379. The zero-order chi connectivity index (χ0) is 13.8. The second kappa shape index (κ2) is 6.20. The zero-order valence-corrected chi connectivity index (χ0v) is 10.5. The first-order valence-corrected chi connectivity index (χ1v) is 5.95. The van der Waals surface area contributed by atoms with Crippen LogP contribution < -0.4 is 5.73 Å². The lowest BCUT2D eigenvalue weighted by atomic mass is 9.95. The van der Waals surface area contributed by atoms with Gasteiger partial charge in [-0.3, -0.25) is 0 Å². The minimum absolute atomic E-state index is 0.0882. The lowest BCUT2D eigenvalue weighted by Gasteiger charge is -2.25. The summed E-state index contributed by atoms with van der Waals surface area (Å²) < 4.78 is 44.0. The van der Waals surface area contributed by atoms with Crippen LogP contribution in [0.1, 0.15) is 37.4 Å². The lowest BCUT2D eigenvalue weighted by molar-refractivity contribution is -0.138. The van der Waals surface area contributed by atoms with E-state index in [0.29, 0.717) is 13.0 Å². The van der Waals surface area contributed by atoms with Gasteiger partial charge in [-0.1, -0.05) is 25.1 Å². The molecule has 0 aliphatic carbocycles. The number of nitrogens with two attached hydrogens (primary N) is 1. The van der Waals surface area contributed by atoms with Crippen molar-refractivity contribution in [3.63, 3.8) is 0 Å². The van der Waals surface area contributed by atoms with E-state index in [1.54, 1.807) is 13.0 Å². The van der Waals surface area contributed by atoms with Gasteiger partial charge in [-0.2, -0.15) is 13.2 Å². The highest BCUT2D eigenvalue weighted by Crippen LogP contribution is 2.35. The molecule has 2 nitrogen and oxygen atoms in total. The van der Waals surface area contributed by atoms with Crippen LogP contribution in [-0.4, -0.2) is 12.7 Å². The van der Waals surface area contributed by atoms with Crippen LogP contribution in [0.3, 0.4) is 0 Å². The van der Waals surface area contributed by atoms with Crippen LogP contribution in [0.5, 0.6) is 0 Å². The van der Waals surface area contributed by atoms with Gasteiger partial charge in [0.25, 0.3) is 0 Å². The third kappa shape index (κ3) is 3.46. The van der Waals surface area contributed by atoms with Gasteiger partial charge in [0.2, 0.25) is 0 Å². The van der Waals surface area contributed by atoms with Crippen molar-refractivity contribution in [1.82, 2.24) is 0 Å². The Balaban J connectivity index is 3.08. The summed E-state index contributed by atoms with van der Waals surface area (Å²) in [6.45, 7) is 4.07. The molecule has 0 aliphatic heterocycles. The van der Waals surface area contributed by atoms with E-state index in [1.807, 2.05) is 6.92 Å². The Morgan fingerprint density at radius 1 is 1.22 bits per heavy atom. The van der Waals surface area contributed by atoms with Crippen molar-refractivity contribution in [2.45, 2.75) is 38.6 Å². The van der Waals surface area contributed by atoms with E-state index in [1.165, 1.54) is 12.1 Å². The van der Waals surface area contributed by atoms with E-state index in [-0.39, 0.29) is 5.56 Å².